The van der Waals surface area contributed by atoms with Gasteiger partial charge in [-0.15, -0.1) is 0 Å². The number of hydrogen-bond acceptors (Lipinski definition) is 5. The van der Waals surface area contributed by atoms with Gasteiger partial charge in [0, 0.05) is 35.9 Å². The molecular formula is C22H18ClFN2O3. The van der Waals surface area contributed by atoms with Gasteiger partial charge in [-0.25, -0.2) is 9.37 Å². The lowest BCUT2D eigenvalue weighted by Gasteiger charge is -2.10. The lowest BCUT2D eigenvalue weighted by Crippen LogP contribution is -2.08. The Labute approximate surface area is 172 Å². The summed E-state index contributed by atoms with van der Waals surface area (Å²) in [5, 5.41) is -0.0543. The second-order valence-corrected chi connectivity index (χ2v) is 6.82. The molecule has 0 saturated carbocycles. The monoisotopic (exact) mass is 412 g/mol. The molecule has 0 amide bonds. The number of carbonyl (C=O) groups is 2. The zero-order valence-corrected chi connectivity index (χ0v) is 16.7. The van der Waals surface area contributed by atoms with Gasteiger partial charge < -0.3 is 4.74 Å². The van der Waals surface area contributed by atoms with Crippen LogP contribution in [0.2, 0.25) is 5.02 Å². The van der Waals surface area contributed by atoms with Crippen molar-refractivity contribution in [2.45, 2.75) is 19.8 Å². The number of ketones is 2. The summed E-state index contributed by atoms with van der Waals surface area (Å²) in [7, 11) is 1.47. The summed E-state index contributed by atoms with van der Waals surface area (Å²) in [6.07, 6.45) is 1.65. The largest absolute Gasteiger partial charge is 0.494 e. The molecule has 0 unspecified atom stereocenters. The Morgan fingerprint density at radius 2 is 1.83 bits per heavy atom. The number of ether oxygens (including phenoxy) is 1. The van der Waals surface area contributed by atoms with Gasteiger partial charge in [-0.05, 0) is 49.4 Å². The molecule has 5 nitrogen and oxygen atoms in total. The first kappa shape index (κ1) is 20.6. The maximum absolute atomic E-state index is 13.5. The quantitative estimate of drug-likeness (QED) is 0.505. The van der Waals surface area contributed by atoms with E-state index in [0.29, 0.717) is 22.6 Å². The molecule has 3 rings (SSSR count). The molecule has 2 aromatic heterocycles. The molecule has 0 spiro atoms. The van der Waals surface area contributed by atoms with E-state index in [1.807, 2.05) is 0 Å². The molecule has 0 atom stereocenters. The van der Waals surface area contributed by atoms with E-state index in [2.05, 4.69) is 9.97 Å². The number of nitrogens with zero attached hydrogens (tertiary/aromatic N) is 2. The van der Waals surface area contributed by atoms with Crippen LogP contribution < -0.4 is 4.74 Å². The molecular weight excluding hydrogens is 395 g/mol. The molecule has 29 heavy (non-hydrogen) atoms. The van der Waals surface area contributed by atoms with Crippen molar-refractivity contribution in [3.05, 3.63) is 76.5 Å². The van der Waals surface area contributed by atoms with Gasteiger partial charge in [0.15, 0.2) is 11.6 Å². The predicted octanol–water partition coefficient (Wildman–Crippen LogP) is 5.10. The van der Waals surface area contributed by atoms with Crippen LogP contribution in [0.4, 0.5) is 4.39 Å². The molecule has 0 N–H and O–H groups in total. The van der Waals surface area contributed by atoms with E-state index in [1.165, 1.54) is 31.4 Å². The van der Waals surface area contributed by atoms with E-state index < -0.39 is 5.82 Å². The Kier molecular flexibility index (Phi) is 6.34. The maximum Gasteiger partial charge on any atom is 0.181 e. The minimum absolute atomic E-state index is 0.0170. The Bertz CT molecular complexity index is 1090. The first-order valence-electron chi connectivity index (χ1n) is 8.88. The Morgan fingerprint density at radius 1 is 1.07 bits per heavy atom. The summed E-state index contributed by atoms with van der Waals surface area (Å²) in [5.41, 5.74) is 2.35. The number of pyridine rings is 2. The van der Waals surface area contributed by atoms with E-state index in [9.17, 15) is 14.0 Å². The molecule has 3 aromatic rings. The molecule has 0 radical (unpaired) electrons. The summed E-state index contributed by atoms with van der Waals surface area (Å²) < 4.78 is 18.8. The maximum atomic E-state index is 13.5. The van der Waals surface area contributed by atoms with E-state index in [0.717, 1.165) is 5.69 Å². The summed E-state index contributed by atoms with van der Waals surface area (Å²) in [6, 6.07) is 10.6. The SMILES string of the molecule is COc1ccc(C(=O)CCC(=O)c2ccnc(C)c2)nc1-c1ccc(F)c(Cl)c1. The van der Waals surface area contributed by atoms with E-state index in [1.54, 1.807) is 31.3 Å². The van der Waals surface area contributed by atoms with Crippen LogP contribution in [0, 0.1) is 12.7 Å². The molecule has 7 heteroatoms. The van der Waals surface area contributed by atoms with Crippen molar-refractivity contribution in [2.24, 2.45) is 0 Å². The molecule has 0 fully saturated rings. The first-order chi connectivity index (χ1) is 13.9. The molecule has 0 aliphatic carbocycles. The van der Waals surface area contributed by atoms with Gasteiger partial charge in [0.2, 0.25) is 0 Å². The van der Waals surface area contributed by atoms with E-state index in [4.69, 9.17) is 16.3 Å². The number of hydrogen-bond donors (Lipinski definition) is 0. The minimum atomic E-state index is -0.550. The zero-order valence-electron chi connectivity index (χ0n) is 15.9. The fourth-order valence-electron chi connectivity index (χ4n) is 2.84. The summed E-state index contributed by atoms with van der Waals surface area (Å²) in [5.74, 6) is -0.539. The van der Waals surface area contributed by atoms with Gasteiger partial charge in [-0.1, -0.05) is 11.6 Å². The highest BCUT2D eigenvalue weighted by Crippen LogP contribution is 2.31. The Hall–Kier alpha value is -3.12. The Morgan fingerprint density at radius 3 is 2.52 bits per heavy atom. The number of Topliss-reactive ketones (excluding diaryl/α,β-unsaturated/α-hetero) is 2. The van der Waals surface area contributed by atoms with Crippen LogP contribution >= 0.6 is 11.6 Å². The summed E-state index contributed by atoms with van der Waals surface area (Å²) in [6.45, 7) is 1.80. The van der Waals surface area contributed by atoms with Crippen molar-refractivity contribution in [3.63, 3.8) is 0 Å². The average molecular weight is 413 g/mol. The number of aromatic nitrogens is 2. The van der Waals surface area contributed by atoms with Crippen molar-refractivity contribution >= 4 is 23.2 Å². The number of benzene rings is 1. The predicted molar refractivity (Wildman–Crippen MR) is 108 cm³/mol. The number of carbonyl (C=O) groups excluding carboxylic acids is 2. The smallest absolute Gasteiger partial charge is 0.181 e. The van der Waals surface area contributed by atoms with Crippen molar-refractivity contribution in [1.29, 1.82) is 0 Å². The molecule has 0 aliphatic rings. The van der Waals surface area contributed by atoms with Crippen LogP contribution in [0.3, 0.4) is 0 Å². The second-order valence-electron chi connectivity index (χ2n) is 6.41. The third kappa shape index (κ3) is 4.84. The Balaban J connectivity index is 1.80. The van der Waals surface area contributed by atoms with Gasteiger partial charge >= 0.3 is 0 Å². The van der Waals surface area contributed by atoms with Crippen LogP contribution in [0.15, 0.2) is 48.7 Å². The third-order valence-electron chi connectivity index (χ3n) is 4.35. The fourth-order valence-corrected chi connectivity index (χ4v) is 3.02. The molecule has 1 aromatic carbocycles. The average Bonchev–Trinajstić information content (AvgIpc) is 2.73. The number of rotatable bonds is 7. The lowest BCUT2D eigenvalue weighted by molar-refractivity contribution is 0.0915. The molecule has 0 saturated heterocycles. The number of aryl methyl sites for hydroxylation is 1. The van der Waals surface area contributed by atoms with Crippen molar-refractivity contribution < 1.29 is 18.7 Å². The van der Waals surface area contributed by atoms with Crippen LogP contribution in [0.5, 0.6) is 5.75 Å². The van der Waals surface area contributed by atoms with Gasteiger partial charge in [0.05, 0.1) is 12.1 Å². The number of halogens is 2. The summed E-state index contributed by atoms with van der Waals surface area (Å²) in [4.78, 5) is 33.3. The zero-order chi connectivity index (χ0) is 21.0. The van der Waals surface area contributed by atoms with Crippen LogP contribution in [0.25, 0.3) is 11.3 Å². The van der Waals surface area contributed by atoms with Crippen molar-refractivity contribution in [2.75, 3.05) is 7.11 Å². The normalized spacial score (nSPS) is 10.6. The summed E-state index contributed by atoms with van der Waals surface area (Å²) >= 11 is 5.86. The third-order valence-corrected chi connectivity index (χ3v) is 4.64. The van der Waals surface area contributed by atoms with Gasteiger partial charge in [0.1, 0.15) is 23.0 Å². The van der Waals surface area contributed by atoms with Crippen molar-refractivity contribution in [3.8, 4) is 17.0 Å². The highest BCUT2D eigenvalue weighted by molar-refractivity contribution is 6.31. The van der Waals surface area contributed by atoms with Crippen LogP contribution in [-0.2, 0) is 0 Å². The van der Waals surface area contributed by atoms with Gasteiger partial charge in [-0.3, -0.25) is 14.6 Å². The van der Waals surface area contributed by atoms with Gasteiger partial charge in [0.25, 0.3) is 0 Å². The second kappa shape index (κ2) is 8.92. The van der Waals surface area contributed by atoms with Gasteiger partial charge in [-0.2, -0.15) is 0 Å². The standard InChI is InChI=1S/C22H18ClFN2O3/c1-13-11-14(9-10-25-13)19(27)6-7-20(28)18-5-8-21(29-2)22(26-18)15-3-4-17(24)16(23)12-15/h3-5,8-12H,6-7H2,1-2H3. The fraction of sp³-hybridized carbons (Fsp3) is 0.182. The molecule has 0 aliphatic heterocycles. The topological polar surface area (TPSA) is 69.2 Å². The minimum Gasteiger partial charge on any atom is -0.494 e. The van der Waals surface area contributed by atoms with E-state index >= 15 is 0 Å². The van der Waals surface area contributed by atoms with Crippen LogP contribution in [-0.4, -0.2) is 28.6 Å². The highest BCUT2D eigenvalue weighted by Gasteiger charge is 2.16. The lowest BCUT2D eigenvalue weighted by atomic mass is 10.0. The van der Waals surface area contributed by atoms with Crippen molar-refractivity contribution in [1.82, 2.24) is 9.97 Å². The molecule has 148 valence electrons. The van der Waals surface area contributed by atoms with E-state index in [-0.39, 0.29) is 35.1 Å². The number of methoxy groups -OCH3 is 1. The molecule has 2 heterocycles. The highest BCUT2D eigenvalue weighted by atomic mass is 35.5. The van der Waals surface area contributed by atoms with Crippen LogP contribution in [0.1, 0.15) is 39.4 Å². The molecule has 0 bridgehead atoms. The first-order valence-corrected chi connectivity index (χ1v) is 9.26.